The van der Waals surface area contributed by atoms with Gasteiger partial charge in [0.25, 0.3) is 5.91 Å². The Bertz CT molecular complexity index is 730. The molecule has 2 aromatic carbocycles. The lowest BCUT2D eigenvalue weighted by Gasteiger charge is -2.10. The van der Waals surface area contributed by atoms with Crippen LogP contribution in [-0.4, -0.2) is 19.1 Å². The van der Waals surface area contributed by atoms with Crippen LogP contribution in [0.1, 0.15) is 6.92 Å². The van der Waals surface area contributed by atoms with Gasteiger partial charge in [-0.1, -0.05) is 29.8 Å². The highest BCUT2D eigenvalue weighted by atomic mass is 35.5. The summed E-state index contributed by atoms with van der Waals surface area (Å²) in [6.45, 7) is 5.96. The van der Waals surface area contributed by atoms with Gasteiger partial charge in [-0.3, -0.25) is 4.79 Å². The van der Waals surface area contributed by atoms with Crippen molar-refractivity contribution in [3.05, 3.63) is 64.7 Å². The standard InChI is InChI=1S/C18H17Cl2NO3/c1-12(2)10-23-15-6-4-14(5-7-15)21-18(22)11-24-17-8-3-13(19)9-16(17)20/h3-9H,1,10-11H2,2H3,(H,21,22). The average molecular weight is 366 g/mol. The van der Waals surface area contributed by atoms with Crippen molar-refractivity contribution in [2.45, 2.75) is 6.92 Å². The molecule has 0 aromatic heterocycles. The fourth-order valence-corrected chi connectivity index (χ4v) is 2.24. The molecule has 0 heterocycles. The number of ether oxygens (including phenoxy) is 2. The number of nitrogens with one attached hydrogen (secondary N) is 1. The maximum Gasteiger partial charge on any atom is 0.262 e. The summed E-state index contributed by atoms with van der Waals surface area (Å²) >= 11 is 11.8. The van der Waals surface area contributed by atoms with Gasteiger partial charge in [0.2, 0.25) is 0 Å². The maximum atomic E-state index is 11.9. The topological polar surface area (TPSA) is 47.6 Å². The Morgan fingerprint density at radius 2 is 1.79 bits per heavy atom. The van der Waals surface area contributed by atoms with Crippen LogP contribution in [0.5, 0.6) is 11.5 Å². The van der Waals surface area contributed by atoms with Crippen LogP contribution >= 0.6 is 23.2 Å². The van der Waals surface area contributed by atoms with Crippen molar-refractivity contribution in [3.8, 4) is 11.5 Å². The minimum Gasteiger partial charge on any atom is -0.489 e. The van der Waals surface area contributed by atoms with Crippen molar-refractivity contribution >= 4 is 34.8 Å². The van der Waals surface area contributed by atoms with Crippen molar-refractivity contribution in [2.75, 3.05) is 18.5 Å². The van der Waals surface area contributed by atoms with Crippen molar-refractivity contribution in [1.29, 1.82) is 0 Å². The van der Waals surface area contributed by atoms with E-state index in [1.54, 1.807) is 42.5 Å². The highest BCUT2D eigenvalue weighted by Gasteiger charge is 2.07. The molecule has 0 fully saturated rings. The van der Waals surface area contributed by atoms with Gasteiger partial charge in [-0.15, -0.1) is 0 Å². The lowest BCUT2D eigenvalue weighted by atomic mass is 10.3. The zero-order valence-electron chi connectivity index (χ0n) is 13.1. The van der Waals surface area contributed by atoms with E-state index in [1.165, 1.54) is 0 Å². The van der Waals surface area contributed by atoms with E-state index in [0.29, 0.717) is 33.8 Å². The van der Waals surface area contributed by atoms with Crippen molar-refractivity contribution in [3.63, 3.8) is 0 Å². The lowest BCUT2D eigenvalue weighted by molar-refractivity contribution is -0.118. The van der Waals surface area contributed by atoms with Crippen LogP contribution in [0, 0.1) is 0 Å². The fraction of sp³-hybridized carbons (Fsp3) is 0.167. The number of rotatable bonds is 7. The van der Waals surface area contributed by atoms with Gasteiger partial charge in [0.05, 0.1) is 5.02 Å². The minimum absolute atomic E-state index is 0.157. The molecule has 0 atom stereocenters. The van der Waals surface area contributed by atoms with Crippen molar-refractivity contribution < 1.29 is 14.3 Å². The summed E-state index contributed by atoms with van der Waals surface area (Å²) in [5.74, 6) is 0.816. The monoisotopic (exact) mass is 365 g/mol. The smallest absolute Gasteiger partial charge is 0.262 e. The number of hydrogen-bond acceptors (Lipinski definition) is 3. The molecule has 1 amide bonds. The van der Waals surface area contributed by atoms with Crippen molar-refractivity contribution in [1.82, 2.24) is 0 Å². The molecule has 0 radical (unpaired) electrons. The van der Waals surface area contributed by atoms with Crippen LogP contribution in [0.15, 0.2) is 54.6 Å². The van der Waals surface area contributed by atoms with E-state index in [-0.39, 0.29) is 12.5 Å². The first-order valence-corrected chi connectivity index (χ1v) is 7.94. The van der Waals surface area contributed by atoms with E-state index >= 15 is 0 Å². The molecule has 0 aliphatic rings. The third-order valence-electron chi connectivity index (χ3n) is 2.88. The third kappa shape index (κ3) is 5.80. The summed E-state index contributed by atoms with van der Waals surface area (Å²) in [6, 6.07) is 11.9. The van der Waals surface area contributed by atoms with E-state index in [1.807, 2.05) is 6.92 Å². The zero-order valence-corrected chi connectivity index (χ0v) is 14.7. The molecule has 0 bridgehead atoms. The second kappa shape index (κ2) is 8.62. The molecule has 0 aliphatic carbocycles. The summed E-state index contributed by atoms with van der Waals surface area (Å²) < 4.78 is 10.9. The van der Waals surface area contributed by atoms with Gasteiger partial charge in [-0.2, -0.15) is 0 Å². The molecule has 126 valence electrons. The predicted octanol–water partition coefficient (Wildman–Crippen LogP) is 4.97. The number of halogens is 2. The minimum atomic E-state index is -0.295. The highest BCUT2D eigenvalue weighted by Crippen LogP contribution is 2.27. The molecular weight excluding hydrogens is 349 g/mol. The number of amides is 1. The first-order valence-electron chi connectivity index (χ1n) is 7.19. The number of hydrogen-bond donors (Lipinski definition) is 1. The van der Waals surface area contributed by atoms with E-state index < -0.39 is 0 Å². The largest absolute Gasteiger partial charge is 0.489 e. The Labute approximate surface area is 151 Å². The Balaban J connectivity index is 1.84. The summed E-state index contributed by atoms with van der Waals surface area (Å²) in [6.07, 6.45) is 0. The Kier molecular flexibility index (Phi) is 6.53. The molecule has 2 aromatic rings. The van der Waals surface area contributed by atoms with Crippen LogP contribution < -0.4 is 14.8 Å². The first kappa shape index (κ1) is 18.2. The summed E-state index contributed by atoms with van der Waals surface area (Å²) in [5.41, 5.74) is 1.58. The molecule has 0 unspecified atom stereocenters. The lowest BCUT2D eigenvalue weighted by Crippen LogP contribution is -2.20. The van der Waals surface area contributed by atoms with E-state index in [2.05, 4.69) is 11.9 Å². The summed E-state index contributed by atoms with van der Waals surface area (Å²) in [7, 11) is 0. The molecule has 1 N–H and O–H groups in total. The fourth-order valence-electron chi connectivity index (χ4n) is 1.77. The third-order valence-corrected chi connectivity index (χ3v) is 3.41. The SMILES string of the molecule is C=C(C)COc1ccc(NC(=O)COc2ccc(Cl)cc2Cl)cc1. The molecule has 2 rings (SSSR count). The quantitative estimate of drug-likeness (QED) is 0.704. The van der Waals surface area contributed by atoms with Crippen molar-refractivity contribution in [2.24, 2.45) is 0 Å². The Morgan fingerprint density at radius 1 is 1.08 bits per heavy atom. The van der Waals surface area contributed by atoms with Gasteiger partial charge in [-0.25, -0.2) is 0 Å². The van der Waals surface area contributed by atoms with Gasteiger partial charge in [0.1, 0.15) is 18.1 Å². The van der Waals surface area contributed by atoms with E-state index in [9.17, 15) is 4.79 Å². The van der Waals surface area contributed by atoms with Crippen LogP contribution in [0.3, 0.4) is 0 Å². The van der Waals surface area contributed by atoms with Crippen LogP contribution in [-0.2, 0) is 4.79 Å². The van der Waals surface area contributed by atoms with Gasteiger partial charge in [0, 0.05) is 10.7 Å². The predicted molar refractivity (Wildman–Crippen MR) is 97.3 cm³/mol. The highest BCUT2D eigenvalue weighted by molar-refractivity contribution is 6.35. The molecule has 0 saturated heterocycles. The van der Waals surface area contributed by atoms with Crippen LogP contribution in [0.25, 0.3) is 0 Å². The summed E-state index contributed by atoms with van der Waals surface area (Å²) in [4.78, 5) is 11.9. The molecule has 4 nitrogen and oxygen atoms in total. The second-order valence-electron chi connectivity index (χ2n) is 5.18. The van der Waals surface area contributed by atoms with Crippen LogP contribution in [0.2, 0.25) is 10.0 Å². The number of carbonyl (C=O) groups excluding carboxylic acids is 1. The number of carbonyl (C=O) groups is 1. The molecule has 0 spiro atoms. The molecular formula is C18H17Cl2NO3. The normalized spacial score (nSPS) is 10.1. The van der Waals surface area contributed by atoms with Gasteiger partial charge in [0.15, 0.2) is 6.61 Å². The Hall–Kier alpha value is -2.17. The molecule has 24 heavy (non-hydrogen) atoms. The number of anilines is 1. The average Bonchev–Trinajstić information content (AvgIpc) is 2.53. The van der Waals surface area contributed by atoms with E-state index in [0.717, 1.165) is 5.57 Å². The molecule has 6 heteroatoms. The Morgan fingerprint density at radius 3 is 2.42 bits per heavy atom. The van der Waals surface area contributed by atoms with Gasteiger partial charge in [-0.05, 0) is 55.0 Å². The zero-order chi connectivity index (χ0) is 17.5. The first-order chi connectivity index (χ1) is 11.4. The number of benzene rings is 2. The van der Waals surface area contributed by atoms with Gasteiger partial charge >= 0.3 is 0 Å². The van der Waals surface area contributed by atoms with Gasteiger partial charge < -0.3 is 14.8 Å². The molecule has 0 saturated carbocycles. The molecule has 0 aliphatic heterocycles. The van der Waals surface area contributed by atoms with E-state index in [4.69, 9.17) is 32.7 Å². The second-order valence-corrected chi connectivity index (χ2v) is 6.03. The maximum absolute atomic E-state index is 11.9. The van der Waals surface area contributed by atoms with Crippen LogP contribution in [0.4, 0.5) is 5.69 Å². The summed E-state index contributed by atoms with van der Waals surface area (Å²) in [5, 5.41) is 3.59.